The van der Waals surface area contributed by atoms with Crippen molar-refractivity contribution in [1.82, 2.24) is 9.80 Å². The van der Waals surface area contributed by atoms with Crippen LogP contribution in [0.5, 0.6) is 0 Å². The van der Waals surface area contributed by atoms with E-state index in [-0.39, 0.29) is 24.4 Å². The maximum absolute atomic E-state index is 13.6. The summed E-state index contributed by atoms with van der Waals surface area (Å²) in [7, 11) is 0. The molecule has 1 saturated heterocycles. The van der Waals surface area contributed by atoms with Crippen LogP contribution >= 0.6 is 0 Å². The van der Waals surface area contributed by atoms with Gasteiger partial charge in [0.1, 0.15) is 12.6 Å². The van der Waals surface area contributed by atoms with E-state index in [0.29, 0.717) is 6.54 Å². The third-order valence-corrected chi connectivity index (χ3v) is 6.92. The van der Waals surface area contributed by atoms with Crippen molar-refractivity contribution in [3.8, 4) is 0 Å². The SMILES string of the molecule is Cc1ccc([C@H]2C(=O)N(C3CCCCC3)CC(=O)N2CCC2=CCCCC2)cc1. The highest BCUT2D eigenvalue weighted by Gasteiger charge is 2.42. The van der Waals surface area contributed by atoms with Crippen LogP contribution in [0.1, 0.15) is 81.4 Å². The predicted molar refractivity (Wildman–Crippen MR) is 115 cm³/mol. The van der Waals surface area contributed by atoms with E-state index in [1.165, 1.54) is 30.4 Å². The first kappa shape index (κ1) is 20.2. The molecule has 1 atom stereocenters. The lowest BCUT2D eigenvalue weighted by Gasteiger charge is -2.44. The standard InChI is InChI=1S/C25H34N2O2/c1-19-12-14-21(15-13-19)24-25(29)27(22-10-6-3-7-11-22)18-23(28)26(24)17-16-20-8-4-2-5-9-20/h8,12-15,22,24H,2-7,9-11,16-18H2,1H3/t24-/m0/s1. The molecule has 0 bridgehead atoms. The largest absolute Gasteiger partial charge is 0.328 e. The fourth-order valence-electron chi connectivity index (χ4n) is 5.17. The predicted octanol–water partition coefficient (Wildman–Crippen LogP) is 4.93. The van der Waals surface area contributed by atoms with Gasteiger partial charge in [-0.25, -0.2) is 0 Å². The second-order valence-electron chi connectivity index (χ2n) is 9.02. The summed E-state index contributed by atoms with van der Waals surface area (Å²) in [5, 5.41) is 0. The fraction of sp³-hybridized carbons (Fsp3) is 0.600. The van der Waals surface area contributed by atoms with E-state index in [1.54, 1.807) is 0 Å². The van der Waals surface area contributed by atoms with Gasteiger partial charge in [-0.1, -0.05) is 60.7 Å². The third kappa shape index (κ3) is 4.57. The number of allylic oxidation sites excluding steroid dienone is 1. The van der Waals surface area contributed by atoms with Crippen LogP contribution in [-0.2, 0) is 9.59 Å². The highest BCUT2D eigenvalue weighted by atomic mass is 16.2. The first-order valence-corrected chi connectivity index (χ1v) is 11.5. The van der Waals surface area contributed by atoms with Gasteiger partial charge in [-0.2, -0.15) is 0 Å². The Kier molecular flexibility index (Phi) is 6.37. The molecule has 0 radical (unpaired) electrons. The molecule has 29 heavy (non-hydrogen) atoms. The minimum atomic E-state index is -0.469. The molecule has 1 heterocycles. The zero-order chi connectivity index (χ0) is 20.2. The molecular formula is C25H34N2O2. The maximum atomic E-state index is 13.6. The van der Waals surface area contributed by atoms with Gasteiger partial charge in [0.25, 0.3) is 5.91 Å². The van der Waals surface area contributed by atoms with E-state index in [4.69, 9.17) is 0 Å². The molecule has 3 aliphatic rings. The highest BCUT2D eigenvalue weighted by molar-refractivity contribution is 5.95. The highest BCUT2D eigenvalue weighted by Crippen LogP contribution is 2.33. The third-order valence-electron chi connectivity index (χ3n) is 6.92. The number of aryl methyl sites for hydroxylation is 1. The van der Waals surface area contributed by atoms with Gasteiger partial charge < -0.3 is 9.80 Å². The molecule has 1 aromatic carbocycles. The molecule has 1 aliphatic heterocycles. The second kappa shape index (κ2) is 9.15. The molecule has 0 spiro atoms. The Morgan fingerprint density at radius 2 is 1.72 bits per heavy atom. The van der Waals surface area contributed by atoms with Gasteiger partial charge in [-0.15, -0.1) is 0 Å². The molecular weight excluding hydrogens is 360 g/mol. The topological polar surface area (TPSA) is 40.6 Å². The van der Waals surface area contributed by atoms with Gasteiger partial charge in [0.15, 0.2) is 0 Å². The van der Waals surface area contributed by atoms with Gasteiger partial charge in [-0.3, -0.25) is 9.59 Å². The van der Waals surface area contributed by atoms with Gasteiger partial charge in [0.2, 0.25) is 5.91 Å². The van der Waals surface area contributed by atoms with Crippen LogP contribution in [0, 0.1) is 6.92 Å². The average molecular weight is 395 g/mol. The average Bonchev–Trinajstić information content (AvgIpc) is 2.76. The number of benzene rings is 1. The first-order chi connectivity index (χ1) is 14.1. The molecule has 0 aromatic heterocycles. The number of piperazine rings is 1. The van der Waals surface area contributed by atoms with E-state index < -0.39 is 6.04 Å². The Hall–Kier alpha value is -2.10. The summed E-state index contributed by atoms with van der Waals surface area (Å²) in [6.45, 7) is 2.96. The smallest absolute Gasteiger partial charge is 0.250 e. The second-order valence-corrected chi connectivity index (χ2v) is 9.02. The minimum Gasteiger partial charge on any atom is -0.328 e. The Morgan fingerprint density at radius 3 is 2.41 bits per heavy atom. The van der Waals surface area contributed by atoms with E-state index >= 15 is 0 Å². The molecule has 2 amide bonds. The number of hydrogen-bond donors (Lipinski definition) is 0. The molecule has 2 aliphatic carbocycles. The molecule has 4 heteroatoms. The lowest BCUT2D eigenvalue weighted by molar-refractivity contribution is -0.159. The van der Waals surface area contributed by atoms with Gasteiger partial charge in [-0.05, 0) is 57.4 Å². The lowest BCUT2D eigenvalue weighted by atomic mass is 9.91. The van der Waals surface area contributed by atoms with E-state index in [0.717, 1.165) is 50.5 Å². The van der Waals surface area contributed by atoms with Crippen LogP contribution in [-0.4, -0.2) is 40.7 Å². The van der Waals surface area contributed by atoms with Crippen molar-refractivity contribution in [2.24, 2.45) is 0 Å². The van der Waals surface area contributed by atoms with Crippen molar-refractivity contribution < 1.29 is 9.59 Å². The zero-order valence-corrected chi connectivity index (χ0v) is 17.7. The van der Waals surface area contributed by atoms with Crippen molar-refractivity contribution in [2.45, 2.75) is 83.2 Å². The Labute approximate surface area is 175 Å². The summed E-state index contributed by atoms with van der Waals surface area (Å²) >= 11 is 0. The van der Waals surface area contributed by atoms with Crippen LogP contribution in [0.2, 0.25) is 0 Å². The molecule has 2 fully saturated rings. The van der Waals surface area contributed by atoms with Crippen LogP contribution < -0.4 is 0 Å². The molecule has 1 aromatic rings. The van der Waals surface area contributed by atoms with Gasteiger partial charge >= 0.3 is 0 Å². The number of carbonyl (C=O) groups is 2. The number of rotatable bonds is 5. The van der Waals surface area contributed by atoms with Crippen LogP contribution in [0.4, 0.5) is 0 Å². The Balaban J connectivity index is 1.58. The number of amides is 2. The fourth-order valence-corrected chi connectivity index (χ4v) is 5.17. The summed E-state index contributed by atoms with van der Waals surface area (Å²) in [5.74, 6) is 0.232. The van der Waals surface area contributed by atoms with E-state index in [2.05, 4.69) is 25.1 Å². The monoisotopic (exact) mass is 394 g/mol. The summed E-state index contributed by atoms with van der Waals surface area (Å²) in [5.41, 5.74) is 3.58. The normalized spacial score (nSPS) is 24.0. The summed E-state index contributed by atoms with van der Waals surface area (Å²) in [6, 6.07) is 7.92. The number of hydrogen-bond acceptors (Lipinski definition) is 2. The molecule has 4 nitrogen and oxygen atoms in total. The van der Waals surface area contributed by atoms with Gasteiger partial charge in [0.05, 0.1) is 0 Å². The van der Waals surface area contributed by atoms with Gasteiger partial charge in [0, 0.05) is 12.6 Å². The Bertz CT molecular complexity index is 762. The molecule has 156 valence electrons. The van der Waals surface area contributed by atoms with Crippen molar-refractivity contribution in [2.75, 3.05) is 13.1 Å². The molecule has 0 N–H and O–H groups in total. The van der Waals surface area contributed by atoms with Crippen LogP contribution in [0.25, 0.3) is 0 Å². The van der Waals surface area contributed by atoms with Crippen molar-refractivity contribution in [1.29, 1.82) is 0 Å². The summed E-state index contributed by atoms with van der Waals surface area (Å²) < 4.78 is 0. The van der Waals surface area contributed by atoms with E-state index in [1.807, 2.05) is 21.9 Å². The van der Waals surface area contributed by atoms with Crippen molar-refractivity contribution >= 4 is 11.8 Å². The number of carbonyl (C=O) groups excluding carboxylic acids is 2. The van der Waals surface area contributed by atoms with Crippen LogP contribution in [0.15, 0.2) is 35.9 Å². The molecule has 4 rings (SSSR count). The summed E-state index contributed by atoms with van der Waals surface area (Å²) in [6.07, 6.45) is 13.7. The number of nitrogens with zero attached hydrogens (tertiary/aromatic N) is 2. The van der Waals surface area contributed by atoms with E-state index in [9.17, 15) is 9.59 Å². The van der Waals surface area contributed by atoms with Crippen molar-refractivity contribution in [3.05, 3.63) is 47.0 Å². The summed E-state index contributed by atoms with van der Waals surface area (Å²) in [4.78, 5) is 30.6. The zero-order valence-electron chi connectivity index (χ0n) is 17.7. The minimum absolute atomic E-state index is 0.108. The maximum Gasteiger partial charge on any atom is 0.250 e. The first-order valence-electron chi connectivity index (χ1n) is 11.5. The lowest BCUT2D eigenvalue weighted by Crippen LogP contribution is -2.58. The Morgan fingerprint density at radius 1 is 0.966 bits per heavy atom. The quantitative estimate of drug-likeness (QED) is 0.665. The van der Waals surface area contributed by atoms with Crippen LogP contribution in [0.3, 0.4) is 0 Å². The van der Waals surface area contributed by atoms with Crippen molar-refractivity contribution in [3.63, 3.8) is 0 Å². The molecule has 1 saturated carbocycles. The molecule has 0 unspecified atom stereocenters.